The average molecular weight is 252 g/mol. The van der Waals surface area contributed by atoms with Crippen LogP contribution in [-0.4, -0.2) is 43.9 Å². The Kier molecular flexibility index (Phi) is 7.01. The third kappa shape index (κ3) is 4.83. The van der Waals surface area contributed by atoms with Crippen LogP contribution >= 0.6 is 0 Å². The lowest BCUT2D eigenvalue weighted by Crippen LogP contribution is -2.35. The van der Waals surface area contributed by atoms with Crippen LogP contribution in [0.4, 0.5) is 0 Å². The van der Waals surface area contributed by atoms with Gasteiger partial charge in [0.2, 0.25) is 5.91 Å². The Morgan fingerprint density at radius 2 is 2.06 bits per heavy atom. The number of carbonyl (C=O) groups is 1. The van der Waals surface area contributed by atoms with Crippen molar-refractivity contribution in [2.24, 2.45) is 5.73 Å². The molecular weight excluding hydrogens is 232 g/mol. The molecule has 1 aromatic carbocycles. The summed E-state index contributed by atoms with van der Waals surface area (Å²) < 4.78 is 5.06. The van der Waals surface area contributed by atoms with Crippen LogP contribution in [0.5, 0.6) is 0 Å². The van der Waals surface area contributed by atoms with E-state index in [2.05, 4.69) is 5.32 Å². The first kappa shape index (κ1) is 14.6. The molecule has 1 rings (SSSR count). The number of rotatable bonds is 8. The van der Waals surface area contributed by atoms with Gasteiger partial charge in [-0.15, -0.1) is 0 Å². The first-order valence-corrected chi connectivity index (χ1v) is 6.01. The number of ether oxygens (including phenoxy) is 1. The second-order valence-corrected chi connectivity index (χ2v) is 3.83. The summed E-state index contributed by atoms with van der Waals surface area (Å²) in [6.07, 6.45) is 0. The zero-order valence-corrected chi connectivity index (χ0v) is 10.3. The molecular formula is C13H20N2O3. The lowest BCUT2D eigenvalue weighted by Gasteiger charge is -2.15. The molecule has 0 aliphatic carbocycles. The zero-order chi connectivity index (χ0) is 13.2. The molecule has 0 spiro atoms. The number of carbonyl (C=O) groups excluding carboxylic acids is 1. The van der Waals surface area contributed by atoms with Crippen molar-refractivity contribution in [2.45, 2.75) is 5.92 Å². The molecule has 0 aliphatic rings. The van der Waals surface area contributed by atoms with Gasteiger partial charge in [0.15, 0.2) is 0 Å². The van der Waals surface area contributed by atoms with Gasteiger partial charge in [-0.1, -0.05) is 30.3 Å². The maximum absolute atomic E-state index is 11.9. The fraction of sp³-hybridized carbons (Fsp3) is 0.462. The van der Waals surface area contributed by atoms with E-state index in [4.69, 9.17) is 15.6 Å². The fourth-order valence-corrected chi connectivity index (χ4v) is 1.62. The second kappa shape index (κ2) is 8.63. The highest BCUT2D eigenvalue weighted by atomic mass is 16.5. The zero-order valence-electron chi connectivity index (χ0n) is 10.3. The second-order valence-electron chi connectivity index (χ2n) is 3.83. The van der Waals surface area contributed by atoms with Crippen molar-refractivity contribution in [1.29, 1.82) is 0 Å². The molecule has 1 unspecified atom stereocenters. The normalized spacial score (nSPS) is 12.1. The van der Waals surface area contributed by atoms with Gasteiger partial charge in [-0.2, -0.15) is 0 Å². The van der Waals surface area contributed by atoms with Gasteiger partial charge in [0, 0.05) is 13.1 Å². The number of amides is 1. The molecule has 0 bridgehead atoms. The number of aliphatic hydroxyl groups is 1. The van der Waals surface area contributed by atoms with E-state index in [9.17, 15) is 4.79 Å². The van der Waals surface area contributed by atoms with E-state index in [1.807, 2.05) is 30.3 Å². The van der Waals surface area contributed by atoms with E-state index < -0.39 is 0 Å². The number of aliphatic hydroxyl groups excluding tert-OH is 1. The predicted octanol–water partition coefficient (Wildman–Crippen LogP) is -0.146. The first-order valence-electron chi connectivity index (χ1n) is 6.01. The van der Waals surface area contributed by atoms with Gasteiger partial charge < -0.3 is 20.9 Å². The van der Waals surface area contributed by atoms with Gasteiger partial charge in [0.1, 0.15) is 0 Å². The van der Waals surface area contributed by atoms with E-state index in [0.29, 0.717) is 13.2 Å². The van der Waals surface area contributed by atoms with Crippen molar-refractivity contribution in [3.8, 4) is 0 Å². The maximum Gasteiger partial charge on any atom is 0.228 e. The third-order valence-corrected chi connectivity index (χ3v) is 2.54. The van der Waals surface area contributed by atoms with E-state index in [-0.39, 0.29) is 31.6 Å². The molecule has 4 N–H and O–H groups in total. The van der Waals surface area contributed by atoms with Crippen LogP contribution in [0.15, 0.2) is 30.3 Å². The van der Waals surface area contributed by atoms with Gasteiger partial charge in [0.25, 0.3) is 0 Å². The van der Waals surface area contributed by atoms with Gasteiger partial charge in [-0.05, 0) is 5.56 Å². The molecule has 5 heteroatoms. The van der Waals surface area contributed by atoms with E-state index in [1.165, 1.54) is 0 Å². The van der Waals surface area contributed by atoms with Crippen LogP contribution in [-0.2, 0) is 9.53 Å². The summed E-state index contributed by atoms with van der Waals surface area (Å²) in [6, 6.07) is 9.45. The van der Waals surface area contributed by atoms with Crippen LogP contribution in [0.1, 0.15) is 11.5 Å². The number of nitrogens with one attached hydrogen (secondary N) is 1. The molecule has 0 saturated carbocycles. The summed E-state index contributed by atoms with van der Waals surface area (Å²) in [5.74, 6) is -0.430. The van der Waals surface area contributed by atoms with Crippen LogP contribution < -0.4 is 11.1 Å². The van der Waals surface area contributed by atoms with Crippen LogP contribution in [0, 0.1) is 0 Å². The minimum absolute atomic E-state index is 0.0105. The largest absolute Gasteiger partial charge is 0.394 e. The molecule has 100 valence electrons. The minimum atomic E-state index is -0.330. The molecule has 5 nitrogen and oxygen atoms in total. The molecule has 0 aliphatic heterocycles. The summed E-state index contributed by atoms with van der Waals surface area (Å²) in [7, 11) is 0. The quantitative estimate of drug-likeness (QED) is 0.562. The highest BCUT2D eigenvalue weighted by Gasteiger charge is 2.17. The summed E-state index contributed by atoms with van der Waals surface area (Å²) in [4.78, 5) is 11.9. The Morgan fingerprint density at radius 1 is 1.33 bits per heavy atom. The molecule has 0 radical (unpaired) electrons. The number of nitrogens with two attached hydrogens (primary N) is 1. The summed E-state index contributed by atoms with van der Waals surface area (Å²) in [6.45, 7) is 1.35. The third-order valence-electron chi connectivity index (χ3n) is 2.54. The average Bonchev–Trinajstić information content (AvgIpc) is 2.40. The van der Waals surface area contributed by atoms with Crippen LogP contribution in [0.2, 0.25) is 0 Å². The summed E-state index contributed by atoms with van der Waals surface area (Å²) >= 11 is 0. The topological polar surface area (TPSA) is 84.6 Å². The fourth-order valence-electron chi connectivity index (χ4n) is 1.62. The SMILES string of the molecule is NCC(C(=O)NCCOCCO)c1ccccc1. The summed E-state index contributed by atoms with van der Waals surface area (Å²) in [5.41, 5.74) is 6.54. The highest BCUT2D eigenvalue weighted by Crippen LogP contribution is 2.13. The van der Waals surface area contributed by atoms with Crippen molar-refractivity contribution in [3.63, 3.8) is 0 Å². The number of hydrogen-bond donors (Lipinski definition) is 3. The van der Waals surface area contributed by atoms with Gasteiger partial charge >= 0.3 is 0 Å². The lowest BCUT2D eigenvalue weighted by atomic mass is 9.98. The number of hydrogen-bond acceptors (Lipinski definition) is 4. The molecule has 1 amide bonds. The Labute approximate surface area is 107 Å². The van der Waals surface area contributed by atoms with E-state index in [1.54, 1.807) is 0 Å². The highest BCUT2D eigenvalue weighted by molar-refractivity contribution is 5.83. The van der Waals surface area contributed by atoms with Crippen molar-refractivity contribution < 1.29 is 14.6 Å². The van der Waals surface area contributed by atoms with Crippen molar-refractivity contribution >= 4 is 5.91 Å². The maximum atomic E-state index is 11.9. The smallest absolute Gasteiger partial charge is 0.228 e. The van der Waals surface area contributed by atoms with E-state index in [0.717, 1.165) is 5.56 Å². The number of benzene rings is 1. The minimum Gasteiger partial charge on any atom is -0.394 e. The Hall–Kier alpha value is -1.43. The molecule has 1 atom stereocenters. The molecule has 1 aromatic rings. The van der Waals surface area contributed by atoms with Gasteiger partial charge in [0.05, 0.1) is 25.7 Å². The molecule has 18 heavy (non-hydrogen) atoms. The monoisotopic (exact) mass is 252 g/mol. The van der Waals surface area contributed by atoms with Gasteiger partial charge in [-0.25, -0.2) is 0 Å². The van der Waals surface area contributed by atoms with Crippen LogP contribution in [0.25, 0.3) is 0 Å². The first-order chi connectivity index (χ1) is 8.79. The molecule has 0 heterocycles. The van der Waals surface area contributed by atoms with Gasteiger partial charge in [-0.3, -0.25) is 4.79 Å². The van der Waals surface area contributed by atoms with E-state index >= 15 is 0 Å². The van der Waals surface area contributed by atoms with Crippen LogP contribution in [0.3, 0.4) is 0 Å². The standard InChI is InChI=1S/C13H20N2O3/c14-10-12(11-4-2-1-3-5-11)13(17)15-6-8-18-9-7-16/h1-5,12,16H,6-10,14H2,(H,15,17). The summed E-state index contributed by atoms with van der Waals surface area (Å²) in [5, 5.41) is 11.3. The Balaban J connectivity index is 2.39. The van der Waals surface area contributed by atoms with Crippen molar-refractivity contribution in [1.82, 2.24) is 5.32 Å². The molecule has 0 saturated heterocycles. The lowest BCUT2D eigenvalue weighted by molar-refractivity contribution is -0.122. The Morgan fingerprint density at radius 3 is 2.67 bits per heavy atom. The molecule has 0 fully saturated rings. The predicted molar refractivity (Wildman–Crippen MR) is 69.2 cm³/mol. The Bertz CT molecular complexity index is 343. The van der Waals surface area contributed by atoms with Crippen molar-refractivity contribution in [2.75, 3.05) is 32.9 Å². The van der Waals surface area contributed by atoms with Crippen molar-refractivity contribution in [3.05, 3.63) is 35.9 Å². The molecule has 0 aromatic heterocycles.